The SMILES string of the molecule is CC(N)C(=O)N1CCC[C@H](N(Cc2ccccc2)C2CC2)C1. The number of carbonyl (C=O) groups is 1. The maximum atomic E-state index is 12.2. The Morgan fingerprint density at radius 3 is 2.64 bits per heavy atom. The van der Waals surface area contributed by atoms with Crippen LogP contribution >= 0.6 is 0 Å². The Bertz CT molecular complexity index is 498. The molecule has 4 nitrogen and oxygen atoms in total. The van der Waals surface area contributed by atoms with Crippen molar-refractivity contribution < 1.29 is 4.79 Å². The van der Waals surface area contributed by atoms with Crippen LogP contribution in [0.2, 0.25) is 0 Å². The van der Waals surface area contributed by atoms with Gasteiger partial charge in [-0.1, -0.05) is 30.3 Å². The van der Waals surface area contributed by atoms with Crippen molar-refractivity contribution in [3.63, 3.8) is 0 Å². The van der Waals surface area contributed by atoms with Gasteiger partial charge in [-0.25, -0.2) is 0 Å². The van der Waals surface area contributed by atoms with Crippen LogP contribution in [0.3, 0.4) is 0 Å². The number of likely N-dealkylation sites (tertiary alicyclic amines) is 1. The van der Waals surface area contributed by atoms with Gasteiger partial charge in [0.15, 0.2) is 0 Å². The highest BCUT2D eigenvalue weighted by Crippen LogP contribution is 2.32. The minimum Gasteiger partial charge on any atom is -0.340 e. The second-order valence-corrected chi connectivity index (χ2v) is 6.76. The lowest BCUT2D eigenvalue weighted by Crippen LogP contribution is -2.53. The molecule has 1 aromatic rings. The fraction of sp³-hybridized carbons (Fsp3) is 0.611. The molecule has 2 fully saturated rings. The Morgan fingerprint density at radius 1 is 1.27 bits per heavy atom. The van der Waals surface area contributed by atoms with Crippen LogP contribution in [-0.4, -0.2) is 46.9 Å². The van der Waals surface area contributed by atoms with Gasteiger partial charge in [-0.2, -0.15) is 0 Å². The van der Waals surface area contributed by atoms with Crippen LogP contribution in [0.4, 0.5) is 0 Å². The summed E-state index contributed by atoms with van der Waals surface area (Å²) in [7, 11) is 0. The molecule has 22 heavy (non-hydrogen) atoms. The lowest BCUT2D eigenvalue weighted by molar-refractivity contribution is -0.134. The van der Waals surface area contributed by atoms with Crippen molar-refractivity contribution in [1.82, 2.24) is 9.80 Å². The average Bonchev–Trinajstić information content (AvgIpc) is 3.37. The van der Waals surface area contributed by atoms with E-state index in [9.17, 15) is 4.79 Å². The van der Waals surface area contributed by atoms with Crippen LogP contribution < -0.4 is 5.73 Å². The van der Waals surface area contributed by atoms with Crippen molar-refractivity contribution in [2.24, 2.45) is 5.73 Å². The summed E-state index contributed by atoms with van der Waals surface area (Å²) in [4.78, 5) is 16.8. The topological polar surface area (TPSA) is 49.6 Å². The molecule has 1 heterocycles. The molecule has 3 rings (SSSR count). The first-order valence-electron chi connectivity index (χ1n) is 8.49. The zero-order valence-electron chi connectivity index (χ0n) is 13.4. The molecule has 2 aliphatic rings. The Hall–Kier alpha value is -1.39. The maximum absolute atomic E-state index is 12.2. The second-order valence-electron chi connectivity index (χ2n) is 6.76. The van der Waals surface area contributed by atoms with E-state index < -0.39 is 0 Å². The number of nitrogens with two attached hydrogens (primary N) is 1. The van der Waals surface area contributed by atoms with Crippen molar-refractivity contribution in [2.45, 2.75) is 57.3 Å². The van der Waals surface area contributed by atoms with Crippen molar-refractivity contribution >= 4 is 5.91 Å². The molecule has 0 radical (unpaired) electrons. The average molecular weight is 301 g/mol. The molecule has 1 aliphatic carbocycles. The predicted molar refractivity (Wildman–Crippen MR) is 88.3 cm³/mol. The first-order chi connectivity index (χ1) is 10.6. The van der Waals surface area contributed by atoms with Crippen LogP contribution in [0, 0.1) is 0 Å². The Kier molecular flexibility index (Phi) is 4.79. The van der Waals surface area contributed by atoms with Crippen LogP contribution in [0.25, 0.3) is 0 Å². The van der Waals surface area contributed by atoms with Gasteiger partial charge in [0.25, 0.3) is 0 Å². The van der Waals surface area contributed by atoms with E-state index in [0.717, 1.165) is 26.1 Å². The zero-order chi connectivity index (χ0) is 15.5. The first-order valence-corrected chi connectivity index (χ1v) is 8.49. The van der Waals surface area contributed by atoms with Crippen LogP contribution in [0.1, 0.15) is 38.2 Å². The van der Waals surface area contributed by atoms with Crippen LogP contribution in [0.5, 0.6) is 0 Å². The Morgan fingerprint density at radius 2 is 2.00 bits per heavy atom. The van der Waals surface area contributed by atoms with E-state index in [2.05, 4.69) is 35.2 Å². The lowest BCUT2D eigenvalue weighted by atomic mass is 10.0. The largest absolute Gasteiger partial charge is 0.340 e. The summed E-state index contributed by atoms with van der Waals surface area (Å²) in [5.74, 6) is 0.0974. The molecule has 0 spiro atoms. The standard InChI is InChI=1S/C18H27N3O/c1-14(19)18(22)20-11-5-8-17(13-20)21(16-9-10-16)12-15-6-3-2-4-7-15/h2-4,6-7,14,16-17H,5,8-13,19H2,1H3/t14?,17-/m0/s1. The minimum atomic E-state index is -0.387. The molecule has 2 N–H and O–H groups in total. The summed E-state index contributed by atoms with van der Waals surface area (Å²) in [5.41, 5.74) is 7.14. The van der Waals surface area contributed by atoms with Gasteiger partial charge in [0, 0.05) is 31.7 Å². The fourth-order valence-corrected chi connectivity index (χ4v) is 3.47. The van der Waals surface area contributed by atoms with E-state index in [-0.39, 0.29) is 11.9 Å². The van der Waals surface area contributed by atoms with Gasteiger partial charge in [-0.3, -0.25) is 9.69 Å². The fourth-order valence-electron chi connectivity index (χ4n) is 3.47. The Labute approximate surface area is 133 Å². The highest BCUT2D eigenvalue weighted by Gasteiger charge is 2.36. The summed E-state index contributed by atoms with van der Waals surface area (Å²) >= 11 is 0. The molecular weight excluding hydrogens is 274 g/mol. The molecule has 2 atom stereocenters. The number of amides is 1. The third-order valence-corrected chi connectivity index (χ3v) is 4.79. The van der Waals surface area contributed by atoms with E-state index in [1.54, 1.807) is 6.92 Å². The third-order valence-electron chi connectivity index (χ3n) is 4.79. The molecule has 120 valence electrons. The molecule has 1 saturated heterocycles. The van der Waals surface area contributed by atoms with E-state index in [1.165, 1.54) is 24.8 Å². The van der Waals surface area contributed by atoms with E-state index in [4.69, 9.17) is 5.73 Å². The van der Waals surface area contributed by atoms with Crippen molar-refractivity contribution in [3.8, 4) is 0 Å². The monoisotopic (exact) mass is 301 g/mol. The van der Waals surface area contributed by atoms with Crippen molar-refractivity contribution in [2.75, 3.05) is 13.1 Å². The summed E-state index contributed by atoms with van der Waals surface area (Å²) in [6.07, 6.45) is 4.86. The quantitative estimate of drug-likeness (QED) is 0.905. The van der Waals surface area contributed by atoms with E-state index >= 15 is 0 Å². The highest BCUT2D eigenvalue weighted by molar-refractivity contribution is 5.81. The van der Waals surface area contributed by atoms with Gasteiger partial charge in [0.2, 0.25) is 5.91 Å². The number of piperidine rings is 1. The van der Waals surface area contributed by atoms with E-state index in [1.807, 2.05) is 4.90 Å². The number of nitrogens with zero attached hydrogens (tertiary/aromatic N) is 2. The molecular formula is C18H27N3O. The van der Waals surface area contributed by atoms with Crippen molar-refractivity contribution in [3.05, 3.63) is 35.9 Å². The lowest BCUT2D eigenvalue weighted by Gasteiger charge is -2.40. The Balaban J connectivity index is 1.67. The number of hydrogen-bond donors (Lipinski definition) is 1. The van der Waals surface area contributed by atoms with Crippen LogP contribution in [-0.2, 0) is 11.3 Å². The van der Waals surface area contributed by atoms with Gasteiger partial charge < -0.3 is 10.6 Å². The van der Waals surface area contributed by atoms with Crippen molar-refractivity contribution in [1.29, 1.82) is 0 Å². The first kappa shape index (κ1) is 15.5. The second kappa shape index (κ2) is 6.80. The zero-order valence-corrected chi connectivity index (χ0v) is 13.4. The summed E-state index contributed by atoms with van der Waals surface area (Å²) in [6, 6.07) is 11.5. The van der Waals surface area contributed by atoms with Gasteiger partial charge in [0.1, 0.15) is 0 Å². The predicted octanol–water partition coefficient (Wildman–Crippen LogP) is 1.99. The molecule has 1 unspecified atom stereocenters. The van der Waals surface area contributed by atoms with Gasteiger partial charge >= 0.3 is 0 Å². The number of carbonyl (C=O) groups excluding carboxylic acids is 1. The normalized spacial score (nSPS) is 23.6. The van der Waals surface area contributed by atoms with Gasteiger partial charge in [-0.15, -0.1) is 0 Å². The molecule has 1 amide bonds. The highest BCUT2D eigenvalue weighted by atomic mass is 16.2. The third kappa shape index (κ3) is 3.68. The van der Waals surface area contributed by atoms with Gasteiger partial charge in [0.05, 0.1) is 6.04 Å². The number of benzene rings is 1. The van der Waals surface area contributed by atoms with Crippen LogP contribution in [0.15, 0.2) is 30.3 Å². The maximum Gasteiger partial charge on any atom is 0.239 e. The number of hydrogen-bond acceptors (Lipinski definition) is 3. The summed E-state index contributed by atoms with van der Waals surface area (Å²) in [5, 5.41) is 0. The van der Waals surface area contributed by atoms with Gasteiger partial charge in [-0.05, 0) is 38.2 Å². The van der Waals surface area contributed by atoms with E-state index in [0.29, 0.717) is 12.1 Å². The molecule has 1 saturated carbocycles. The molecule has 0 aromatic heterocycles. The minimum absolute atomic E-state index is 0.0974. The molecule has 1 aliphatic heterocycles. The molecule has 1 aromatic carbocycles. The summed E-state index contributed by atoms with van der Waals surface area (Å²) in [6.45, 7) is 4.48. The smallest absolute Gasteiger partial charge is 0.239 e. The number of rotatable bonds is 5. The molecule has 4 heteroatoms. The molecule has 0 bridgehead atoms. The summed E-state index contributed by atoms with van der Waals surface area (Å²) < 4.78 is 0.